The molecular formula is C36H20N2OS. The molecule has 6 aromatic carbocycles. The molecule has 0 radical (unpaired) electrons. The van der Waals surface area contributed by atoms with Crippen LogP contribution < -0.4 is 0 Å². The minimum Gasteiger partial charge on any atom is -0.456 e. The van der Waals surface area contributed by atoms with Gasteiger partial charge in [-0.3, -0.25) is 0 Å². The molecule has 8 aromatic rings. The summed E-state index contributed by atoms with van der Waals surface area (Å²) in [7, 11) is 0. The maximum Gasteiger partial charge on any atom is 0.136 e. The van der Waals surface area contributed by atoms with Crippen molar-refractivity contribution >= 4 is 54.3 Å². The van der Waals surface area contributed by atoms with Crippen LogP contribution in [0.15, 0.2) is 126 Å². The van der Waals surface area contributed by atoms with Crippen molar-refractivity contribution in [1.82, 2.24) is 4.98 Å². The van der Waals surface area contributed by atoms with Crippen LogP contribution in [0.1, 0.15) is 5.56 Å². The molecule has 0 atom stereocenters. The monoisotopic (exact) mass is 528 g/mol. The van der Waals surface area contributed by atoms with E-state index in [0.717, 1.165) is 54.7 Å². The van der Waals surface area contributed by atoms with Crippen LogP contribution in [0, 0.1) is 11.3 Å². The molecule has 0 saturated heterocycles. The number of rotatable bonds is 3. The number of nitrogens with zero attached hydrogens (tertiary/aromatic N) is 2. The Hall–Kier alpha value is -5.24. The second-order valence-electron chi connectivity index (χ2n) is 9.92. The third-order valence-corrected chi connectivity index (χ3v) is 8.68. The van der Waals surface area contributed by atoms with E-state index in [1.54, 1.807) is 11.3 Å². The lowest BCUT2D eigenvalue weighted by Crippen LogP contribution is -1.83. The number of hydrogen-bond acceptors (Lipinski definition) is 4. The Bertz CT molecular complexity index is 2280. The van der Waals surface area contributed by atoms with Crippen LogP contribution in [0.2, 0.25) is 0 Å². The van der Waals surface area contributed by atoms with Crippen molar-refractivity contribution in [3.8, 4) is 38.9 Å². The van der Waals surface area contributed by atoms with E-state index in [9.17, 15) is 0 Å². The smallest absolute Gasteiger partial charge is 0.136 e. The fourth-order valence-corrected chi connectivity index (χ4v) is 6.71. The standard InChI is InChI=1S/C36H20N2OS/c37-21-22-11-13-23(14-12-22)25-17-15-24-16-18-26(20-27(24)19-25)28-6-3-8-31-35(28)40-36(38-31)30-7-4-10-33-34(30)29-5-1-2-9-32(29)39-33/h1-20H. The molecule has 0 aliphatic carbocycles. The molecule has 0 fully saturated rings. The fourth-order valence-electron chi connectivity index (χ4n) is 5.58. The van der Waals surface area contributed by atoms with E-state index in [0.29, 0.717) is 5.56 Å². The van der Waals surface area contributed by atoms with Crippen molar-refractivity contribution in [3.63, 3.8) is 0 Å². The summed E-state index contributed by atoms with van der Waals surface area (Å²) in [5, 5.41) is 14.7. The Morgan fingerprint density at radius 1 is 0.625 bits per heavy atom. The van der Waals surface area contributed by atoms with Crippen LogP contribution in [-0.2, 0) is 0 Å². The third kappa shape index (κ3) is 3.60. The lowest BCUT2D eigenvalue weighted by atomic mass is 9.97. The molecule has 0 spiro atoms. The van der Waals surface area contributed by atoms with E-state index >= 15 is 0 Å². The molecule has 0 saturated carbocycles. The number of nitriles is 1. The predicted molar refractivity (Wildman–Crippen MR) is 165 cm³/mol. The summed E-state index contributed by atoms with van der Waals surface area (Å²) in [5.74, 6) is 0. The average Bonchev–Trinajstić information content (AvgIpc) is 3.62. The zero-order valence-corrected chi connectivity index (χ0v) is 22.1. The summed E-state index contributed by atoms with van der Waals surface area (Å²) in [6.07, 6.45) is 0. The van der Waals surface area contributed by atoms with Crippen LogP contribution >= 0.6 is 11.3 Å². The molecule has 4 heteroatoms. The van der Waals surface area contributed by atoms with E-state index in [2.05, 4.69) is 78.9 Å². The zero-order chi connectivity index (χ0) is 26.6. The molecule has 8 rings (SSSR count). The van der Waals surface area contributed by atoms with Gasteiger partial charge in [-0.2, -0.15) is 5.26 Å². The SMILES string of the molecule is N#Cc1ccc(-c2ccc3ccc(-c4cccc5nc(-c6cccc7oc8ccccc8c67)sc45)cc3c2)cc1. The summed E-state index contributed by atoms with van der Waals surface area (Å²) >= 11 is 1.73. The summed E-state index contributed by atoms with van der Waals surface area (Å²) in [4.78, 5) is 5.09. The number of para-hydroxylation sites is 1. The highest BCUT2D eigenvalue weighted by Gasteiger charge is 2.17. The van der Waals surface area contributed by atoms with Gasteiger partial charge in [0.25, 0.3) is 0 Å². The van der Waals surface area contributed by atoms with Crippen molar-refractivity contribution in [2.45, 2.75) is 0 Å². The number of thiazole rings is 1. The lowest BCUT2D eigenvalue weighted by Gasteiger charge is -2.08. The first kappa shape index (κ1) is 22.7. The van der Waals surface area contributed by atoms with Gasteiger partial charge in [0.05, 0.1) is 21.8 Å². The number of benzene rings is 6. The zero-order valence-electron chi connectivity index (χ0n) is 21.3. The second kappa shape index (κ2) is 8.91. The molecule has 40 heavy (non-hydrogen) atoms. The second-order valence-corrected chi connectivity index (χ2v) is 10.9. The molecule has 2 heterocycles. The maximum atomic E-state index is 9.14. The average molecular weight is 529 g/mol. The van der Waals surface area contributed by atoms with E-state index < -0.39 is 0 Å². The van der Waals surface area contributed by atoms with Crippen LogP contribution in [0.5, 0.6) is 0 Å². The lowest BCUT2D eigenvalue weighted by molar-refractivity contribution is 0.669. The van der Waals surface area contributed by atoms with Crippen LogP contribution in [0.3, 0.4) is 0 Å². The van der Waals surface area contributed by atoms with Crippen molar-refractivity contribution < 1.29 is 4.42 Å². The Morgan fingerprint density at radius 3 is 2.23 bits per heavy atom. The summed E-state index contributed by atoms with van der Waals surface area (Å²) in [6.45, 7) is 0. The molecule has 0 amide bonds. The fraction of sp³-hybridized carbons (Fsp3) is 0. The first-order valence-electron chi connectivity index (χ1n) is 13.1. The minimum absolute atomic E-state index is 0.668. The van der Waals surface area contributed by atoms with E-state index in [4.69, 9.17) is 14.7 Å². The van der Waals surface area contributed by atoms with Crippen molar-refractivity contribution in [2.24, 2.45) is 0 Å². The Balaban J connectivity index is 1.26. The summed E-state index contributed by atoms with van der Waals surface area (Å²) in [5.41, 5.74) is 9.10. The van der Waals surface area contributed by atoms with Gasteiger partial charge in [0.2, 0.25) is 0 Å². The first-order valence-corrected chi connectivity index (χ1v) is 13.9. The Labute approximate surface area is 234 Å². The molecule has 0 unspecified atom stereocenters. The largest absolute Gasteiger partial charge is 0.456 e. The van der Waals surface area contributed by atoms with Crippen LogP contribution in [0.4, 0.5) is 0 Å². The molecule has 0 aliphatic heterocycles. The highest BCUT2D eigenvalue weighted by molar-refractivity contribution is 7.22. The molecule has 3 nitrogen and oxygen atoms in total. The molecule has 0 bridgehead atoms. The number of fused-ring (bicyclic) bond motifs is 5. The predicted octanol–water partition coefficient (Wildman–Crippen LogP) is 10.2. The van der Waals surface area contributed by atoms with Gasteiger partial charge in [0.15, 0.2) is 0 Å². The molecular weight excluding hydrogens is 508 g/mol. The third-order valence-electron chi connectivity index (χ3n) is 7.55. The van der Waals surface area contributed by atoms with Gasteiger partial charge < -0.3 is 4.42 Å². The first-order chi connectivity index (χ1) is 19.7. The number of hydrogen-bond donors (Lipinski definition) is 0. The van der Waals surface area contributed by atoms with Crippen LogP contribution in [0.25, 0.3) is 75.8 Å². The summed E-state index contributed by atoms with van der Waals surface area (Å²) < 4.78 is 7.31. The van der Waals surface area contributed by atoms with E-state index in [1.807, 2.05) is 48.5 Å². The normalized spacial score (nSPS) is 11.5. The highest BCUT2D eigenvalue weighted by Crippen LogP contribution is 2.42. The van der Waals surface area contributed by atoms with Gasteiger partial charge in [-0.25, -0.2) is 4.98 Å². The number of furan rings is 1. The quantitative estimate of drug-likeness (QED) is 0.229. The summed E-state index contributed by atoms with van der Waals surface area (Å²) in [6, 6.07) is 43.9. The topological polar surface area (TPSA) is 49.8 Å². The number of aromatic nitrogens is 1. The Morgan fingerprint density at radius 2 is 1.35 bits per heavy atom. The van der Waals surface area contributed by atoms with Gasteiger partial charge in [-0.05, 0) is 69.9 Å². The van der Waals surface area contributed by atoms with Gasteiger partial charge in [0.1, 0.15) is 16.2 Å². The van der Waals surface area contributed by atoms with Crippen molar-refractivity contribution in [1.29, 1.82) is 5.26 Å². The van der Waals surface area contributed by atoms with Gasteiger partial charge in [-0.1, -0.05) is 78.9 Å². The van der Waals surface area contributed by atoms with Crippen molar-refractivity contribution in [3.05, 3.63) is 127 Å². The molecule has 186 valence electrons. The highest BCUT2D eigenvalue weighted by atomic mass is 32.1. The molecule has 0 N–H and O–H groups in total. The van der Waals surface area contributed by atoms with Gasteiger partial charge >= 0.3 is 0 Å². The van der Waals surface area contributed by atoms with Crippen LogP contribution in [-0.4, -0.2) is 4.98 Å². The van der Waals surface area contributed by atoms with E-state index in [1.165, 1.54) is 21.0 Å². The molecule has 2 aromatic heterocycles. The van der Waals surface area contributed by atoms with Gasteiger partial charge in [-0.15, -0.1) is 11.3 Å². The molecule has 0 aliphatic rings. The minimum atomic E-state index is 0.668. The van der Waals surface area contributed by atoms with Crippen molar-refractivity contribution in [2.75, 3.05) is 0 Å². The van der Waals surface area contributed by atoms with E-state index in [-0.39, 0.29) is 0 Å². The van der Waals surface area contributed by atoms with Gasteiger partial charge in [0, 0.05) is 21.9 Å². The Kier molecular flexibility index (Phi) is 5.06. The maximum absolute atomic E-state index is 9.14.